The third kappa shape index (κ3) is 3.98. The minimum absolute atomic E-state index is 0.209. The van der Waals surface area contributed by atoms with Gasteiger partial charge in [0.25, 0.3) is 0 Å². The smallest absolute Gasteiger partial charge is 0.124 e. The molecule has 0 aliphatic heterocycles. The van der Waals surface area contributed by atoms with Gasteiger partial charge in [-0.2, -0.15) is 0 Å². The maximum absolute atomic E-state index is 6.10. The zero-order chi connectivity index (χ0) is 14.5. The van der Waals surface area contributed by atoms with E-state index in [9.17, 15) is 0 Å². The zero-order valence-corrected chi connectivity index (χ0v) is 14.6. The summed E-state index contributed by atoms with van der Waals surface area (Å²) in [5, 5.41) is 6.17. The summed E-state index contributed by atoms with van der Waals surface area (Å²) < 4.78 is 7.06. The minimum Gasteiger partial charge on any atom is -0.488 e. The van der Waals surface area contributed by atoms with Gasteiger partial charge in [-0.05, 0) is 59.0 Å². The van der Waals surface area contributed by atoms with E-state index >= 15 is 0 Å². The van der Waals surface area contributed by atoms with Gasteiger partial charge in [-0.3, -0.25) is 0 Å². The van der Waals surface area contributed by atoms with E-state index in [1.54, 1.807) is 11.3 Å². The van der Waals surface area contributed by atoms with Crippen LogP contribution in [0.4, 0.5) is 0 Å². The molecule has 0 bridgehead atoms. The molecule has 20 heavy (non-hydrogen) atoms. The molecule has 0 aliphatic rings. The summed E-state index contributed by atoms with van der Waals surface area (Å²) in [4.78, 5) is 1.18. The molecule has 0 saturated heterocycles. The van der Waals surface area contributed by atoms with Gasteiger partial charge in [-0.1, -0.05) is 18.5 Å². The summed E-state index contributed by atoms with van der Waals surface area (Å²) in [5.41, 5.74) is 1.09. The minimum atomic E-state index is 0.209. The second-order valence-electron chi connectivity index (χ2n) is 4.44. The third-order valence-corrected chi connectivity index (χ3v) is 5.13. The Morgan fingerprint density at radius 1 is 1.40 bits per heavy atom. The fourth-order valence-electron chi connectivity index (χ4n) is 1.98. The van der Waals surface area contributed by atoms with Gasteiger partial charge in [-0.25, -0.2) is 0 Å². The van der Waals surface area contributed by atoms with E-state index in [-0.39, 0.29) is 6.04 Å². The SMILES string of the molecule is CCNC(C)c1cc(Cl)ccc1OCc1sccc1Br. The Hall–Kier alpha value is -0.550. The number of ether oxygens (including phenoxy) is 1. The molecule has 2 nitrogen and oxygen atoms in total. The molecule has 1 atom stereocenters. The summed E-state index contributed by atoms with van der Waals surface area (Å²) in [6.07, 6.45) is 0. The van der Waals surface area contributed by atoms with Crippen LogP contribution in [0.1, 0.15) is 30.3 Å². The van der Waals surface area contributed by atoms with Crippen LogP contribution in [0.25, 0.3) is 0 Å². The van der Waals surface area contributed by atoms with Crippen molar-refractivity contribution in [1.82, 2.24) is 5.32 Å². The summed E-state index contributed by atoms with van der Waals surface area (Å²) >= 11 is 11.3. The zero-order valence-electron chi connectivity index (χ0n) is 11.5. The predicted molar refractivity (Wildman–Crippen MR) is 89.9 cm³/mol. The first-order valence-corrected chi connectivity index (χ1v) is 8.54. The Labute approximate surface area is 137 Å². The predicted octanol–water partition coefficient (Wildman–Crippen LogP) is 5.41. The molecule has 2 rings (SSSR count). The lowest BCUT2D eigenvalue weighted by Gasteiger charge is -2.18. The average molecular weight is 375 g/mol. The summed E-state index contributed by atoms with van der Waals surface area (Å²) in [6.45, 7) is 5.67. The number of benzene rings is 1. The van der Waals surface area contributed by atoms with Crippen molar-refractivity contribution in [1.29, 1.82) is 0 Å². The van der Waals surface area contributed by atoms with Crippen LogP contribution in [0.2, 0.25) is 5.02 Å². The molecule has 1 aromatic heterocycles. The van der Waals surface area contributed by atoms with Crippen LogP contribution in [0, 0.1) is 0 Å². The number of hydrogen-bond donors (Lipinski definition) is 1. The van der Waals surface area contributed by atoms with E-state index in [2.05, 4.69) is 35.1 Å². The molecule has 0 aliphatic carbocycles. The molecule has 5 heteroatoms. The van der Waals surface area contributed by atoms with Gasteiger partial charge in [-0.15, -0.1) is 11.3 Å². The van der Waals surface area contributed by atoms with Crippen LogP contribution in [0.5, 0.6) is 5.75 Å². The van der Waals surface area contributed by atoms with Gasteiger partial charge >= 0.3 is 0 Å². The topological polar surface area (TPSA) is 21.3 Å². The molecule has 0 amide bonds. The highest BCUT2D eigenvalue weighted by atomic mass is 79.9. The summed E-state index contributed by atoms with van der Waals surface area (Å²) in [7, 11) is 0. The average Bonchev–Trinajstić information content (AvgIpc) is 2.83. The van der Waals surface area contributed by atoms with Crippen molar-refractivity contribution in [3.63, 3.8) is 0 Å². The highest BCUT2D eigenvalue weighted by Crippen LogP contribution is 2.30. The standard InChI is InChI=1S/C15H17BrClNOS/c1-3-18-10(2)12-8-11(17)4-5-14(12)19-9-15-13(16)6-7-20-15/h4-8,10,18H,3,9H2,1-2H3. The van der Waals surface area contributed by atoms with Gasteiger partial charge < -0.3 is 10.1 Å². The van der Waals surface area contributed by atoms with Crippen LogP contribution in [0.3, 0.4) is 0 Å². The van der Waals surface area contributed by atoms with Crippen LogP contribution >= 0.6 is 38.9 Å². The first kappa shape index (κ1) is 15.8. The molecule has 0 spiro atoms. The quantitative estimate of drug-likeness (QED) is 0.729. The number of nitrogens with one attached hydrogen (secondary N) is 1. The normalized spacial score (nSPS) is 12.4. The molecule has 0 radical (unpaired) electrons. The highest BCUT2D eigenvalue weighted by Gasteiger charge is 2.12. The summed E-state index contributed by atoms with van der Waals surface area (Å²) in [6, 6.07) is 8.01. The third-order valence-electron chi connectivity index (χ3n) is 3.00. The highest BCUT2D eigenvalue weighted by molar-refractivity contribution is 9.10. The first-order chi connectivity index (χ1) is 9.61. The van der Waals surface area contributed by atoms with Crippen molar-refractivity contribution in [2.45, 2.75) is 26.5 Å². The Morgan fingerprint density at radius 3 is 2.85 bits per heavy atom. The van der Waals surface area contributed by atoms with Crippen LogP contribution < -0.4 is 10.1 Å². The van der Waals surface area contributed by atoms with E-state index in [4.69, 9.17) is 16.3 Å². The number of thiophene rings is 1. The van der Waals surface area contributed by atoms with E-state index < -0.39 is 0 Å². The molecule has 1 unspecified atom stereocenters. The molecule has 108 valence electrons. The van der Waals surface area contributed by atoms with Gasteiger partial charge in [0.05, 0.1) is 4.88 Å². The molecule has 0 fully saturated rings. The number of hydrogen-bond acceptors (Lipinski definition) is 3. The number of rotatable bonds is 6. The van der Waals surface area contributed by atoms with Crippen molar-refractivity contribution in [3.8, 4) is 5.75 Å². The van der Waals surface area contributed by atoms with Crippen molar-refractivity contribution in [3.05, 3.63) is 49.6 Å². The van der Waals surface area contributed by atoms with Gasteiger partial charge in [0, 0.05) is 21.1 Å². The second kappa shape index (κ2) is 7.46. The Kier molecular flexibility index (Phi) is 5.90. The van der Waals surface area contributed by atoms with Crippen LogP contribution in [-0.2, 0) is 6.61 Å². The van der Waals surface area contributed by atoms with E-state index in [0.29, 0.717) is 6.61 Å². The van der Waals surface area contributed by atoms with Crippen molar-refractivity contribution in [2.24, 2.45) is 0 Å². The van der Waals surface area contributed by atoms with Crippen LogP contribution in [-0.4, -0.2) is 6.54 Å². The monoisotopic (exact) mass is 373 g/mol. The fourth-order valence-corrected chi connectivity index (χ4v) is 3.54. The molecular formula is C15H17BrClNOS. The molecule has 1 aromatic carbocycles. The van der Waals surface area contributed by atoms with Crippen LogP contribution in [0.15, 0.2) is 34.1 Å². The first-order valence-electron chi connectivity index (χ1n) is 6.49. The Balaban J connectivity index is 2.16. The van der Waals surface area contributed by atoms with Crippen molar-refractivity contribution < 1.29 is 4.74 Å². The van der Waals surface area contributed by atoms with Gasteiger partial charge in [0.1, 0.15) is 12.4 Å². The molecular weight excluding hydrogens is 358 g/mol. The maximum atomic E-state index is 6.10. The van der Waals surface area contributed by atoms with Gasteiger partial charge in [0.15, 0.2) is 0 Å². The summed E-state index contributed by atoms with van der Waals surface area (Å²) in [5.74, 6) is 0.878. The Bertz CT molecular complexity index is 573. The van der Waals surface area contributed by atoms with Gasteiger partial charge in [0.2, 0.25) is 0 Å². The van der Waals surface area contributed by atoms with E-state index in [0.717, 1.165) is 27.4 Å². The van der Waals surface area contributed by atoms with E-state index in [1.807, 2.05) is 29.6 Å². The molecule has 2 aromatic rings. The fraction of sp³-hybridized carbons (Fsp3) is 0.333. The molecule has 1 N–H and O–H groups in total. The lowest BCUT2D eigenvalue weighted by Crippen LogP contribution is -2.18. The molecule has 1 heterocycles. The second-order valence-corrected chi connectivity index (χ2v) is 6.73. The van der Waals surface area contributed by atoms with Crippen molar-refractivity contribution in [2.75, 3.05) is 6.54 Å². The lowest BCUT2D eigenvalue weighted by molar-refractivity contribution is 0.302. The lowest BCUT2D eigenvalue weighted by atomic mass is 10.1. The maximum Gasteiger partial charge on any atom is 0.124 e. The molecule has 0 saturated carbocycles. The Morgan fingerprint density at radius 2 is 2.20 bits per heavy atom. The van der Waals surface area contributed by atoms with Crippen molar-refractivity contribution >= 4 is 38.9 Å². The largest absolute Gasteiger partial charge is 0.488 e. The van der Waals surface area contributed by atoms with E-state index in [1.165, 1.54) is 4.88 Å². The number of halogens is 2.